The molecule has 17 heavy (non-hydrogen) atoms. The van der Waals surface area contributed by atoms with Crippen molar-refractivity contribution in [2.24, 2.45) is 0 Å². The summed E-state index contributed by atoms with van der Waals surface area (Å²) in [6.45, 7) is 3.33. The van der Waals surface area contributed by atoms with Crippen LogP contribution in [0.1, 0.15) is 16.3 Å². The fraction of sp³-hybridized carbons (Fsp3) is 0.308. The van der Waals surface area contributed by atoms with E-state index in [9.17, 15) is 0 Å². The molecule has 0 saturated heterocycles. The molecule has 1 heterocycles. The van der Waals surface area contributed by atoms with Crippen molar-refractivity contribution in [1.82, 2.24) is 10.0 Å². The zero-order valence-electron chi connectivity index (χ0n) is 10.1. The number of hydrogen-bond acceptors (Lipinski definition) is 4. The Morgan fingerprint density at radius 3 is 2.71 bits per heavy atom. The average molecular weight is 248 g/mol. The standard InChI is InChI=1S/C13H16N2OS/c1-11-14-13(10-17-11)8-15(2)16-9-12-6-4-3-5-7-12/h3-7,10H,8-9H2,1-2H3. The van der Waals surface area contributed by atoms with Crippen molar-refractivity contribution in [3.05, 3.63) is 52.0 Å². The van der Waals surface area contributed by atoms with Crippen molar-refractivity contribution >= 4 is 11.3 Å². The summed E-state index contributed by atoms with van der Waals surface area (Å²) >= 11 is 1.67. The highest BCUT2D eigenvalue weighted by Crippen LogP contribution is 2.10. The van der Waals surface area contributed by atoms with E-state index in [0.29, 0.717) is 6.61 Å². The van der Waals surface area contributed by atoms with Gasteiger partial charge in [0.1, 0.15) is 0 Å². The molecule has 1 aromatic heterocycles. The fourth-order valence-corrected chi connectivity index (χ4v) is 2.12. The Morgan fingerprint density at radius 2 is 2.06 bits per heavy atom. The topological polar surface area (TPSA) is 25.4 Å². The molecular formula is C13H16N2OS. The molecule has 0 aliphatic rings. The summed E-state index contributed by atoms with van der Waals surface area (Å²) in [5.74, 6) is 0. The summed E-state index contributed by atoms with van der Waals surface area (Å²) in [5, 5.41) is 4.98. The van der Waals surface area contributed by atoms with Gasteiger partial charge < -0.3 is 0 Å². The number of rotatable bonds is 5. The van der Waals surface area contributed by atoms with Gasteiger partial charge in [0.2, 0.25) is 0 Å². The lowest BCUT2D eigenvalue weighted by Crippen LogP contribution is -2.18. The minimum atomic E-state index is 0.598. The van der Waals surface area contributed by atoms with Crippen LogP contribution in [-0.2, 0) is 18.0 Å². The highest BCUT2D eigenvalue weighted by Gasteiger charge is 2.04. The number of nitrogens with zero attached hydrogens (tertiary/aromatic N) is 2. The summed E-state index contributed by atoms with van der Waals surface area (Å²) in [6, 6.07) is 10.2. The Bertz CT molecular complexity index is 455. The van der Waals surface area contributed by atoms with Gasteiger partial charge in [-0.1, -0.05) is 30.3 Å². The second kappa shape index (κ2) is 5.91. The zero-order chi connectivity index (χ0) is 12.1. The molecule has 0 atom stereocenters. The van der Waals surface area contributed by atoms with Crippen LogP contribution in [0.3, 0.4) is 0 Å². The Morgan fingerprint density at radius 1 is 1.29 bits per heavy atom. The predicted octanol–water partition coefficient (Wildman–Crippen LogP) is 3.02. The summed E-state index contributed by atoms with van der Waals surface area (Å²) < 4.78 is 0. The van der Waals surface area contributed by atoms with E-state index in [4.69, 9.17) is 4.84 Å². The van der Waals surface area contributed by atoms with Crippen LogP contribution in [0.15, 0.2) is 35.7 Å². The van der Waals surface area contributed by atoms with Gasteiger partial charge in [-0.3, -0.25) is 4.84 Å². The van der Waals surface area contributed by atoms with Gasteiger partial charge >= 0.3 is 0 Å². The minimum absolute atomic E-state index is 0.598. The van der Waals surface area contributed by atoms with Crippen molar-refractivity contribution in [1.29, 1.82) is 0 Å². The third kappa shape index (κ3) is 3.93. The molecule has 90 valence electrons. The zero-order valence-corrected chi connectivity index (χ0v) is 10.9. The Balaban J connectivity index is 1.80. The van der Waals surface area contributed by atoms with Crippen molar-refractivity contribution in [3.63, 3.8) is 0 Å². The second-order valence-corrected chi connectivity index (χ2v) is 4.97. The van der Waals surface area contributed by atoms with Gasteiger partial charge in [0, 0.05) is 12.4 Å². The molecule has 0 bridgehead atoms. The highest BCUT2D eigenvalue weighted by molar-refractivity contribution is 7.09. The fourth-order valence-electron chi connectivity index (χ4n) is 1.51. The summed E-state index contributed by atoms with van der Waals surface area (Å²) in [6.07, 6.45) is 0. The number of aryl methyl sites for hydroxylation is 1. The number of hydroxylamine groups is 2. The molecular weight excluding hydrogens is 232 g/mol. The van der Waals surface area contributed by atoms with E-state index >= 15 is 0 Å². The Hall–Kier alpha value is -1.23. The molecule has 0 spiro atoms. The van der Waals surface area contributed by atoms with Gasteiger partial charge in [0.15, 0.2) is 0 Å². The van der Waals surface area contributed by atoms with Gasteiger partial charge in [-0.25, -0.2) is 4.98 Å². The van der Waals surface area contributed by atoms with Crippen molar-refractivity contribution < 1.29 is 4.84 Å². The highest BCUT2D eigenvalue weighted by atomic mass is 32.1. The molecule has 1 aromatic carbocycles. The monoisotopic (exact) mass is 248 g/mol. The van der Waals surface area contributed by atoms with Gasteiger partial charge in [-0.15, -0.1) is 11.3 Å². The lowest BCUT2D eigenvalue weighted by Gasteiger charge is -2.15. The first-order valence-corrected chi connectivity index (χ1v) is 6.41. The molecule has 0 saturated carbocycles. The van der Waals surface area contributed by atoms with Gasteiger partial charge in [-0.05, 0) is 12.5 Å². The van der Waals surface area contributed by atoms with Crippen LogP contribution in [0, 0.1) is 6.92 Å². The van der Waals surface area contributed by atoms with Crippen molar-refractivity contribution in [3.8, 4) is 0 Å². The SMILES string of the molecule is Cc1nc(CN(C)OCc2ccccc2)cs1. The van der Waals surface area contributed by atoms with E-state index in [1.54, 1.807) is 11.3 Å². The van der Waals surface area contributed by atoms with E-state index in [-0.39, 0.29) is 0 Å². The van der Waals surface area contributed by atoms with Gasteiger partial charge in [0.05, 0.1) is 23.9 Å². The maximum atomic E-state index is 5.64. The maximum Gasteiger partial charge on any atom is 0.0935 e. The summed E-state index contributed by atoms with van der Waals surface area (Å²) in [7, 11) is 1.93. The molecule has 0 radical (unpaired) electrons. The van der Waals surface area contributed by atoms with Crippen molar-refractivity contribution in [2.45, 2.75) is 20.1 Å². The molecule has 0 unspecified atom stereocenters. The first kappa shape index (κ1) is 12.2. The lowest BCUT2D eigenvalue weighted by atomic mass is 10.2. The molecule has 4 heteroatoms. The van der Waals surface area contributed by atoms with Crippen molar-refractivity contribution in [2.75, 3.05) is 7.05 Å². The van der Waals surface area contributed by atoms with Crippen LogP contribution < -0.4 is 0 Å². The normalized spacial score (nSPS) is 11.0. The molecule has 0 fully saturated rings. The van der Waals surface area contributed by atoms with Crippen LogP contribution in [0.25, 0.3) is 0 Å². The largest absolute Gasteiger partial charge is 0.294 e. The molecule has 0 aliphatic carbocycles. The Kier molecular flexibility index (Phi) is 4.25. The quantitative estimate of drug-likeness (QED) is 0.761. The molecule has 0 N–H and O–H groups in total. The van der Waals surface area contributed by atoms with Crippen LogP contribution in [0.4, 0.5) is 0 Å². The first-order chi connectivity index (χ1) is 8.24. The van der Waals surface area contributed by atoms with Gasteiger partial charge in [-0.2, -0.15) is 5.06 Å². The van der Waals surface area contributed by atoms with E-state index in [0.717, 1.165) is 17.2 Å². The molecule has 0 aliphatic heterocycles. The smallest absolute Gasteiger partial charge is 0.0935 e. The minimum Gasteiger partial charge on any atom is -0.294 e. The third-order valence-electron chi connectivity index (χ3n) is 2.35. The molecule has 2 aromatic rings. The first-order valence-electron chi connectivity index (χ1n) is 5.53. The molecule has 0 amide bonds. The summed E-state index contributed by atoms with van der Waals surface area (Å²) in [5.41, 5.74) is 2.23. The van der Waals surface area contributed by atoms with E-state index in [1.807, 2.05) is 37.2 Å². The number of benzene rings is 1. The van der Waals surface area contributed by atoms with Crippen LogP contribution in [0.5, 0.6) is 0 Å². The van der Waals surface area contributed by atoms with E-state index in [1.165, 1.54) is 5.56 Å². The molecule has 3 nitrogen and oxygen atoms in total. The Labute approximate surface area is 106 Å². The average Bonchev–Trinajstić information content (AvgIpc) is 2.73. The maximum absolute atomic E-state index is 5.64. The number of hydrogen-bond donors (Lipinski definition) is 0. The van der Waals surface area contributed by atoms with Crippen LogP contribution >= 0.6 is 11.3 Å². The van der Waals surface area contributed by atoms with Gasteiger partial charge in [0.25, 0.3) is 0 Å². The number of thiazole rings is 1. The second-order valence-electron chi connectivity index (χ2n) is 3.90. The number of aromatic nitrogens is 1. The lowest BCUT2D eigenvalue weighted by molar-refractivity contribution is -0.158. The van der Waals surface area contributed by atoms with Crippen LogP contribution in [0.2, 0.25) is 0 Å². The predicted molar refractivity (Wildman–Crippen MR) is 69.5 cm³/mol. The molecule has 2 rings (SSSR count). The van der Waals surface area contributed by atoms with E-state index < -0.39 is 0 Å². The van der Waals surface area contributed by atoms with E-state index in [2.05, 4.69) is 22.5 Å². The van der Waals surface area contributed by atoms with Crippen LogP contribution in [-0.4, -0.2) is 17.1 Å². The summed E-state index contributed by atoms with van der Waals surface area (Å²) in [4.78, 5) is 10.0. The third-order valence-corrected chi connectivity index (χ3v) is 3.17.